The maximum absolute atomic E-state index is 10.8. The van der Waals surface area contributed by atoms with Crippen LogP contribution in [0.2, 0.25) is 0 Å². The molecule has 2 aromatic heterocycles. The predicted octanol–water partition coefficient (Wildman–Crippen LogP) is 2.61. The number of nitrogens with zero attached hydrogens (tertiary/aromatic N) is 2. The van der Waals surface area contributed by atoms with Gasteiger partial charge in [-0.1, -0.05) is 12.2 Å². The van der Waals surface area contributed by atoms with Gasteiger partial charge in [0.05, 0.1) is 0 Å². The van der Waals surface area contributed by atoms with Crippen molar-refractivity contribution in [2.75, 3.05) is 0 Å². The van der Waals surface area contributed by atoms with Gasteiger partial charge >= 0.3 is 0 Å². The van der Waals surface area contributed by atoms with Crippen molar-refractivity contribution in [1.82, 2.24) is 9.55 Å². The number of carbonyl (C=O) groups excluding carboxylic acids is 1. The number of aldehydes is 1. The Morgan fingerprint density at radius 1 is 1.55 bits per heavy atom. The van der Waals surface area contributed by atoms with Gasteiger partial charge in [0.25, 0.3) is 0 Å². The van der Waals surface area contributed by atoms with Crippen molar-refractivity contribution >= 4 is 23.0 Å². The predicted molar refractivity (Wildman–Crippen MR) is 80.3 cm³/mol. The second-order valence-electron chi connectivity index (χ2n) is 5.26. The van der Waals surface area contributed by atoms with Crippen molar-refractivity contribution in [1.29, 1.82) is 0 Å². The number of nitrogens with two attached hydrogens (primary N) is 1. The van der Waals surface area contributed by atoms with Crippen LogP contribution in [0.15, 0.2) is 42.8 Å². The largest absolute Gasteiger partial charge is 0.327 e. The Kier molecular flexibility index (Phi) is 3.24. The van der Waals surface area contributed by atoms with E-state index in [0.717, 1.165) is 23.7 Å². The number of aromatic nitrogens is 2. The van der Waals surface area contributed by atoms with Crippen LogP contribution in [-0.4, -0.2) is 21.9 Å². The fraction of sp³-hybridized carbons (Fsp3) is 0.250. The molecule has 0 fully saturated rings. The van der Waals surface area contributed by atoms with Crippen LogP contribution in [0.3, 0.4) is 0 Å². The molecule has 3 rings (SSSR count). The lowest BCUT2D eigenvalue weighted by Crippen LogP contribution is -2.26. The third kappa shape index (κ3) is 2.18. The molecule has 0 saturated heterocycles. The Bertz CT molecular complexity index is 710. The fourth-order valence-corrected chi connectivity index (χ4v) is 2.56. The van der Waals surface area contributed by atoms with Gasteiger partial charge in [-0.2, -0.15) is 0 Å². The summed E-state index contributed by atoms with van der Waals surface area (Å²) in [4.78, 5) is 15.2. The van der Waals surface area contributed by atoms with Gasteiger partial charge in [0.2, 0.25) is 0 Å². The normalized spacial score (nSPS) is 19.9. The smallest absolute Gasteiger partial charge is 0.151 e. The van der Waals surface area contributed by atoms with Gasteiger partial charge in [-0.25, -0.2) is 4.98 Å². The highest BCUT2D eigenvalue weighted by molar-refractivity contribution is 5.86. The van der Waals surface area contributed by atoms with Crippen molar-refractivity contribution < 1.29 is 4.79 Å². The Hall–Kier alpha value is -2.20. The quantitative estimate of drug-likeness (QED) is 0.869. The first-order chi connectivity index (χ1) is 9.69. The van der Waals surface area contributed by atoms with Crippen molar-refractivity contribution in [2.24, 2.45) is 11.7 Å². The number of hydrogen-bond donors (Lipinski definition) is 1. The van der Waals surface area contributed by atoms with Gasteiger partial charge in [-0.05, 0) is 37.5 Å². The molecular formula is C16H17N3O. The van der Waals surface area contributed by atoms with Crippen molar-refractivity contribution in [3.05, 3.63) is 48.3 Å². The lowest BCUT2D eigenvalue weighted by atomic mass is 9.92. The topological polar surface area (TPSA) is 60.9 Å². The van der Waals surface area contributed by atoms with Crippen LogP contribution in [0.25, 0.3) is 16.7 Å². The van der Waals surface area contributed by atoms with Crippen LogP contribution in [0.5, 0.6) is 0 Å². The number of fused-ring (bicyclic) bond motifs is 1. The van der Waals surface area contributed by atoms with Crippen molar-refractivity contribution in [3.63, 3.8) is 0 Å². The molecule has 0 spiro atoms. The molecule has 4 nitrogen and oxygen atoms in total. The van der Waals surface area contributed by atoms with E-state index >= 15 is 0 Å². The van der Waals surface area contributed by atoms with Crippen molar-refractivity contribution in [2.45, 2.75) is 19.4 Å². The Labute approximate surface area is 117 Å². The molecule has 2 unspecified atom stereocenters. The van der Waals surface area contributed by atoms with Crippen LogP contribution in [-0.2, 0) is 0 Å². The first kappa shape index (κ1) is 12.8. The first-order valence-corrected chi connectivity index (χ1v) is 6.74. The van der Waals surface area contributed by atoms with E-state index in [4.69, 9.17) is 5.73 Å². The monoisotopic (exact) mass is 267 g/mol. The zero-order chi connectivity index (χ0) is 14.1. The molecule has 4 heteroatoms. The molecule has 2 aromatic rings. The summed E-state index contributed by atoms with van der Waals surface area (Å²) in [6.07, 6.45) is 11.6. The molecule has 1 aliphatic carbocycles. The summed E-state index contributed by atoms with van der Waals surface area (Å²) in [5.74, 6) is 0.349. The number of allylic oxidation sites excluding steroid dienone is 3. The minimum absolute atomic E-state index is 0.131. The molecule has 0 radical (unpaired) electrons. The highest BCUT2D eigenvalue weighted by Gasteiger charge is 2.17. The molecule has 0 saturated carbocycles. The summed E-state index contributed by atoms with van der Waals surface area (Å²) < 4.78 is 2.07. The van der Waals surface area contributed by atoms with Gasteiger partial charge < -0.3 is 10.3 Å². The molecular weight excluding hydrogens is 250 g/mol. The van der Waals surface area contributed by atoms with Crippen LogP contribution in [0.1, 0.15) is 23.7 Å². The third-order valence-corrected chi connectivity index (χ3v) is 3.76. The van der Waals surface area contributed by atoms with Gasteiger partial charge in [0.15, 0.2) is 6.29 Å². The number of rotatable bonds is 3. The molecule has 2 heterocycles. The van der Waals surface area contributed by atoms with Gasteiger partial charge in [-0.15, -0.1) is 0 Å². The second kappa shape index (κ2) is 5.06. The summed E-state index contributed by atoms with van der Waals surface area (Å²) in [7, 11) is 0. The SMILES string of the molecule is CC(N)C1C=CC=C(n2ccc3cc(C=O)cnc32)C1. The number of pyridine rings is 1. The average molecular weight is 267 g/mol. The van der Waals surface area contributed by atoms with Crippen LogP contribution in [0, 0.1) is 5.92 Å². The molecule has 2 N–H and O–H groups in total. The zero-order valence-corrected chi connectivity index (χ0v) is 11.4. The van der Waals surface area contributed by atoms with Crippen LogP contribution < -0.4 is 5.73 Å². The van der Waals surface area contributed by atoms with E-state index < -0.39 is 0 Å². The molecule has 2 atom stereocenters. The summed E-state index contributed by atoms with van der Waals surface area (Å²) in [6, 6.07) is 3.97. The average Bonchev–Trinajstić information content (AvgIpc) is 2.90. The van der Waals surface area contributed by atoms with E-state index in [-0.39, 0.29) is 6.04 Å². The summed E-state index contributed by atoms with van der Waals surface area (Å²) in [5, 5.41) is 0.974. The maximum Gasteiger partial charge on any atom is 0.151 e. The fourth-order valence-electron chi connectivity index (χ4n) is 2.56. The van der Waals surface area contributed by atoms with E-state index in [1.807, 2.05) is 25.3 Å². The van der Waals surface area contributed by atoms with E-state index in [0.29, 0.717) is 11.5 Å². The van der Waals surface area contributed by atoms with E-state index in [9.17, 15) is 4.79 Å². The van der Waals surface area contributed by atoms with Gasteiger partial charge in [0, 0.05) is 35.1 Å². The third-order valence-electron chi connectivity index (χ3n) is 3.76. The first-order valence-electron chi connectivity index (χ1n) is 6.74. The highest BCUT2D eigenvalue weighted by Crippen LogP contribution is 2.27. The number of hydrogen-bond acceptors (Lipinski definition) is 3. The lowest BCUT2D eigenvalue weighted by Gasteiger charge is -2.22. The lowest BCUT2D eigenvalue weighted by molar-refractivity contribution is 0.112. The van der Waals surface area contributed by atoms with E-state index in [1.54, 1.807) is 6.20 Å². The van der Waals surface area contributed by atoms with Gasteiger partial charge in [0.1, 0.15) is 5.65 Å². The molecule has 20 heavy (non-hydrogen) atoms. The Morgan fingerprint density at radius 3 is 3.15 bits per heavy atom. The van der Waals surface area contributed by atoms with Crippen molar-refractivity contribution in [3.8, 4) is 0 Å². The number of carbonyl (C=O) groups is 1. The molecule has 0 aromatic carbocycles. The minimum atomic E-state index is 0.131. The summed E-state index contributed by atoms with van der Waals surface area (Å²) in [6.45, 7) is 2.03. The highest BCUT2D eigenvalue weighted by atomic mass is 16.1. The van der Waals surface area contributed by atoms with Crippen LogP contribution in [0.4, 0.5) is 0 Å². The van der Waals surface area contributed by atoms with Crippen LogP contribution >= 0.6 is 0 Å². The molecule has 0 bridgehead atoms. The second-order valence-corrected chi connectivity index (χ2v) is 5.26. The summed E-state index contributed by atoms with van der Waals surface area (Å²) in [5.41, 5.74) is 8.64. The zero-order valence-electron chi connectivity index (χ0n) is 11.4. The van der Waals surface area contributed by atoms with Gasteiger partial charge in [-0.3, -0.25) is 4.79 Å². The molecule has 0 aliphatic heterocycles. The Morgan fingerprint density at radius 2 is 2.40 bits per heavy atom. The maximum atomic E-state index is 10.8. The Balaban J connectivity index is 2.01. The molecule has 102 valence electrons. The minimum Gasteiger partial charge on any atom is -0.327 e. The standard InChI is InChI=1S/C16H17N3O/c1-11(17)13-3-2-4-15(8-13)19-6-5-14-7-12(10-20)9-18-16(14)19/h2-7,9-11,13H,8,17H2,1H3. The van der Waals surface area contributed by atoms with E-state index in [2.05, 4.69) is 27.8 Å². The molecule has 0 amide bonds. The summed E-state index contributed by atoms with van der Waals surface area (Å²) >= 11 is 0. The molecule has 1 aliphatic rings. The van der Waals surface area contributed by atoms with E-state index in [1.165, 1.54) is 5.70 Å².